The van der Waals surface area contributed by atoms with Crippen LogP contribution in [0.4, 0.5) is 0 Å². The van der Waals surface area contributed by atoms with E-state index in [0.29, 0.717) is 18.6 Å². The van der Waals surface area contributed by atoms with Crippen molar-refractivity contribution in [3.05, 3.63) is 114 Å². The molecule has 0 aliphatic heterocycles. The lowest BCUT2D eigenvalue weighted by Crippen LogP contribution is -2.45. The number of carbonyl (C=O) groups excluding carboxylic acids is 2. The van der Waals surface area contributed by atoms with Crippen molar-refractivity contribution in [3.8, 4) is 5.75 Å². The Morgan fingerprint density at radius 2 is 1.47 bits per heavy atom. The van der Waals surface area contributed by atoms with Gasteiger partial charge in [-0.2, -0.15) is 0 Å². The van der Waals surface area contributed by atoms with Gasteiger partial charge in [-0.05, 0) is 40.1 Å². The lowest BCUT2D eigenvalue weighted by Gasteiger charge is -2.17. The summed E-state index contributed by atoms with van der Waals surface area (Å²) in [4.78, 5) is 24.9. The fourth-order valence-corrected chi connectivity index (χ4v) is 3.58. The minimum absolute atomic E-state index is 0.296. The van der Waals surface area contributed by atoms with Gasteiger partial charge in [0.05, 0.1) is 0 Å². The molecule has 5 heteroatoms. The highest BCUT2D eigenvalue weighted by Crippen LogP contribution is 2.19. The summed E-state index contributed by atoms with van der Waals surface area (Å²) in [5.41, 5.74) is 8.06. The van der Waals surface area contributed by atoms with Gasteiger partial charge in [0.25, 0.3) is 5.91 Å². The summed E-state index contributed by atoms with van der Waals surface area (Å²) < 4.78 is 5.80. The average molecular weight is 425 g/mol. The first-order valence-corrected chi connectivity index (χ1v) is 10.4. The van der Waals surface area contributed by atoms with E-state index in [4.69, 9.17) is 10.5 Å². The van der Waals surface area contributed by atoms with Gasteiger partial charge in [-0.3, -0.25) is 9.59 Å². The number of carbonyl (C=O) groups is 2. The van der Waals surface area contributed by atoms with Crippen molar-refractivity contribution in [1.29, 1.82) is 0 Å². The van der Waals surface area contributed by atoms with Gasteiger partial charge < -0.3 is 15.8 Å². The molecule has 4 aromatic rings. The number of benzene rings is 4. The third-order valence-corrected chi connectivity index (χ3v) is 5.29. The summed E-state index contributed by atoms with van der Waals surface area (Å²) in [6.07, 6.45) is 0.296. The molecule has 0 bridgehead atoms. The van der Waals surface area contributed by atoms with E-state index in [0.717, 1.165) is 27.6 Å². The lowest BCUT2D eigenvalue weighted by molar-refractivity contribution is -0.119. The molecule has 0 aromatic heterocycles. The molecule has 4 rings (SSSR count). The summed E-state index contributed by atoms with van der Waals surface area (Å²) >= 11 is 0. The predicted molar refractivity (Wildman–Crippen MR) is 125 cm³/mol. The largest absolute Gasteiger partial charge is 0.489 e. The molecule has 0 spiro atoms. The van der Waals surface area contributed by atoms with E-state index in [1.807, 2.05) is 91.0 Å². The van der Waals surface area contributed by atoms with Gasteiger partial charge in [0.2, 0.25) is 5.91 Å². The maximum absolute atomic E-state index is 12.9. The van der Waals surface area contributed by atoms with Gasteiger partial charge in [0.1, 0.15) is 18.4 Å². The Morgan fingerprint density at radius 1 is 0.781 bits per heavy atom. The Labute approximate surface area is 186 Å². The molecule has 3 N–H and O–H groups in total. The number of hydrogen-bond acceptors (Lipinski definition) is 3. The molecule has 0 saturated heterocycles. The molecular formula is C27H24N2O3. The zero-order chi connectivity index (χ0) is 22.3. The molecule has 0 fully saturated rings. The maximum atomic E-state index is 12.9. The van der Waals surface area contributed by atoms with Gasteiger partial charge in [0.15, 0.2) is 0 Å². The van der Waals surface area contributed by atoms with Crippen molar-refractivity contribution in [1.82, 2.24) is 5.32 Å². The van der Waals surface area contributed by atoms with Crippen LogP contribution in [0.2, 0.25) is 0 Å². The number of hydrogen-bond donors (Lipinski definition) is 2. The van der Waals surface area contributed by atoms with E-state index in [9.17, 15) is 9.59 Å². The number of ether oxygens (including phenoxy) is 1. The summed E-state index contributed by atoms with van der Waals surface area (Å²) in [5, 5.41) is 4.58. The Hall–Kier alpha value is -4.12. The second-order valence-corrected chi connectivity index (χ2v) is 7.58. The van der Waals surface area contributed by atoms with E-state index < -0.39 is 11.9 Å². The van der Waals surface area contributed by atoms with Gasteiger partial charge in [-0.1, -0.05) is 78.9 Å². The van der Waals surface area contributed by atoms with Crippen LogP contribution in [-0.2, 0) is 17.8 Å². The SMILES string of the molecule is NC(=O)[C@@H](Cc1ccc(OCc2ccccc2)cc1)NC(=O)c1cccc2ccccc12. The van der Waals surface area contributed by atoms with Crippen LogP contribution >= 0.6 is 0 Å². The molecule has 0 heterocycles. The highest BCUT2D eigenvalue weighted by atomic mass is 16.5. The number of amides is 2. The molecule has 0 aliphatic carbocycles. The maximum Gasteiger partial charge on any atom is 0.252 e. The van der Waals surface area contributed by atoms with Gasteiger partial charge >= 0.3 is 0 Å². The second kappa shape index (κ2) is 9.79. The van der Waals surface area contributed by atoms with Crippen LogP contribution in [0, 0.1) is 0 Å². The van der Waals surface area contributed by atoms with Gasteiger partial charge in [0, 0.05) is 12.0 Å². The number of rotatable bonds is 8. The molecule has 2 amide bonds. The van der Waals surface area contributed by atoms with Crippen LogP contribution in [-0.4, -0.2) is 17.9 Å². The zero-order valence-corrected chi connectivity index (χ0v) is 17.5. The highest BCUT2D eigenvalue weighted by molar-refractivity contribution is 6.08. The predicted octanol–water partition coefficient (Wildman–Crippen LogP) is 4.25. The van der Waals surface area contributed by atoms with Crippen LogP contribution in [0.5, 0.6) is 5.75 Å². The monoisotopic (exact) mass is 424 g/mol. The van der Waals surface area contributed by atoms with Gasteiger partial charge in [-0.25, -0.2) is 0 Å². The van der Waals surface area contributed by atoms with Crippen LogP contribution in [0.1, 0.15) is 21.5 Å². The van der Waals surface area contributed by atoms with Crippen LogP contribution in [0.25, 0.3) is 10.8 Å². The van der Waals surface area contributed by atoms with E-state index in [2.05, 4.69) is 5.32 Å². The highest BCUT2D eigenvalue weighted by Gasteiger charge is 2.20. The molecule has 0 aliphatic rings. The van der Waals surface area contributed by atoms with E-state index in [-0.39, 0.29) is 5.91 Å². The molecule has 0 saturated carbocycles. The fourth-order valence-electron chi connectivity index (χ4n) is 3.58. The van der Waals surface area contributed by atoms with Crippen molar-refractivity contribution in [2.24, 2.45) is 5.73 Å². The first-order valence-electron chi connectivity index (χ1n) is 10.4. The topological polar surface area (TPSA) is 81.4 Å². The first kappa shape index (κ1) is 21.1. The van der Waals surface area contributed by atoms with Crippen molar-refractivity contribution >= 4 is 22.6 Å². The number of primary amides is 1. The number of fused-ring (bicyclic) bond motifs is 1. The van der Waals surface area contributed by atoms with Crippen molar-refractivity contribution < 1.29 is 14.3 Å². The van der Waals surface area contributed by atoms with E-state index >= 15 is 0 Å². The van der Waals surface area contributed by atoms with Gasteiger partial charge in [-0.15, -0.1) is 0 Å². The smallest absolute Gasteiger partial charge is 0.252 e. The Morgan fingerprint density at radius 3 is 2.22 bits per heavy atom. The van der Waals surface area contributed by atoms with Crippen molar-refractivity contribution in [2.75, 3.05) is 0 Å². The van der Waals surface area contributed by atoms with Crippen molar-refractivity contribution in [3.63, 3.8) is 0 Å². The molecule has 1 atom stereocenters. The molecular weight excluding hydrogens is 400 g/mol. The normalized spacial score (nSPS) is 11.6. The van der Waals surface area contributed by atoms with Crippen molar-refractivity contribution in [2.45, 2.75) is 19.1 Å². The Kier molecular flexibility index (Phi) is 6.46. The number of nitrogens with two attached hydrogens (primary N) is 1. The number of nitrogens with one attached hydrogen (secondary N) is 1. The molecule has 32 heavy (non-hydrogen) atoms. The quantitative estimate of drug-likeness (QED) is 0.444. The van der Waals surface area contributed by atoms with Crippen LogP contribution in [0.3, 0.4) is 0 Å². The van der Waals surface area contributed by atoms with Crippen LogP contribution in [0.15, 0.2) is 97.1 Å². The second-order valence-electron chi connectivity index (χ2n) is 7.58. The summed E-state index contributed by atoms with van der Waals surface area (Å²) in [6.45, 7) is 0.477. The third kappa shape index (κ3) is 5.13. The lowest BCUT2D eigenvalue weighted by atomic mass is 10.0. The summed E-state index contributed by atoms with van der Waals surface area (Å²) in [7, 11) is 0. The summed E-state index contributed by atoms with van der Waals surface area (Å²) in [5.74, 6) is -0.176. The Balaban J connectivity index is 1.42. The minimum atomic E-state index is -0.822. The van der Waals surface area contributed by atoms with E-state index in [1.165, 1.54) is 0 Å². The minimum Gasteiger partial charge on any atom is -0.489 e. The standard InChI is InChI=1S/C27H24N2O3/c28-26(30)25(29-27(31)24-12-6-10-21-9-4-5-11-23(21)24)17-19-13-15-22(16-14-19)32-18-20-7-2-1-3-8-20/h1-16,25H,17-18H2,(H2,28,30)(H,29,31)/t25-/m1/s1. The third-order valence-electron chi connectivity index (χ3n) is 5.29. The van der Waals surface area contributed by atoms with Crippen LogP contribution < -0.4 is 15.8 Å². The molecule has 0 radical (unpaired) electrons. The average Bonchev–Trinajstić information content (AvgIpc) is 2.83. The first-order chi connectivity index (χ1) is 15.6. The summed E-state index contributed by atoms with van der Waals surface area (Å²) in [6, 6.07) is 29.7. The Bertz CT molecular complexity index is 1220. The molecule has 5 nitrogen and oxygen atoms in total. The molecule has 4 aromatic carbocycles. The molecule has 0 unspecified atom stereocenters. The van der Waals surface area contributed by atoms with E-state index in [1.54, 1.807) is 6.07 Å². The fraction of sp³-hybridized carbons (Fsp3) is 0.111. The zero-order valence-electron chi connectivity index (χ0n) is 17.5. The molecule has 160 valence electrons.